The van der Waals surface area contributed by atoms with Crippen LogP contribution in [0.2, 0.25) is 0 Å². The van der Waals surface area contributed by atoms with Gasteiger partial charge in [0.25, 0.3) is 5.91 Å². The Hall–Kier alpha value is -2.14. The summed E-state index contributed by atoms with van der Waals surface area (Å²) in [5.74, 6) is 1.64. The number of hydrogen-bond donors (Lipinski definition) is 0. The number of nitrogens with zero attached hydrogens (tertiary/aromatic N) is 4. The topological polar surface area (TPSA) is 41.4 Å². The van der Waals surface area contributed by atoms with E-state index in [1.165, 1.54) is 31.4 Å². The smallest absolute Gasteiger partial charge is 0.272 e. The summed E-state index contributed by atoms with van der Waals surface area (Å²) in [5, 5.41) is 4.20. The van der Waals surface area contributed by atoms with Crippen LogP contribution in [0.1, 0.15) is 41.7 Å². The van der Waals surface area contributed by atoms with Crippen molar-refractivity contribution in [3.8, 4) is 0 Å². The maximum atomic E-state index is 13.1. The van der Waals surface area contributed by atoms with Gasteiger partial charge < -0.3 is 9.80 Å². The Balaban J connectivity index is 1.32. The Morgan fingerprint density at radius 2 is 1.97 bits per heavy atom. The zero-order valence-electron chi connectivity index (χ0n) is 17.5. The van der Waals surface area contributed by atoms with Crippen LogP contribution in [0.4, 0.5) is 0 Å². The summed E-state index contributed by atoms with van der Waals surface area (Å²) < 4.78 is 1.70. The summed E-state index contributed by atoms with van der Waals surface area (Å²) in [4.78, 5) is 18.0. The average molecular weight is 393 g/mol. The third-order valence-corrected chi connectivity index (χ3v) is 7.65. The molecule has 5 heteroatoms. The van der Waals surface area contributed by atoms with Gasteiger partial charge in [0.1, 0.15) is 5.69 Å². The molecule has 0 bridgehead atoms. The van der Waals surface area contributed by atoms with Gasteiger partial charge in [-0.15, -0.1) is 0 Å². The van der Waals surface area contributed by atoms with Crippen molar-refractivity contribution in [1.82, 2.24) is 19.6 Å². The minimum absolute atomic E-state index is 0.143. The zero-order chi connectivity index (χ0) is 19.8. The molecule has 1 aromatic carbocycles. The molecule has 2 aromatic rings. The van der Waals surface area contributed by atoms with Gasteiger partial charge >= 0.3 is 0 Å². The number of likely N-dealkylation sites (tertiary alicyclic amines) is 2. The molecule has 3 aliphatic rings. The van der Waals surface area contributed by atoms with Gasteiger partial charge in [0.2, 0.25) is 0 Å². The molecular formula is C24H32N4O. The number of fused-ring (bicyclic) bond motifs is 1. The van der Waals surface area contributed by atoms with E-state index in [1.54, 1.807) is 10.9 Å². The van der Waals surface area contributed by atoms with Crippen LogP contribution in [0.5, 0.6) is 0 Å². The van der Waals surface area contributed by atoms with Crippen molar-refractivity contribution in [3.05, 3.63) is 53.9 Å². The first-order valence-electron chi connectivity index (χ1n) is 11.2. The van der Waals surface area contributed by atoms with Gasteiger partial charge in [-0.25, -0.2) is 0 Å². The van der Waals surface area contributed by atoms with E-state index in [2.05, 4.69) is 45.2 Å². The standard InChI is InChI=1S/C24H32N4O/c1-26-22(11-13-25-26)23(29)28-16-21-15-27(14-20-8-5-9-20)17-24(21,18-28)12-10-19-6-3-2-4-7-19/h2-4,6-7,11,13,20-21H,5,8-10,12,14-18H2,1H3/t21-,24+/m0/s1. The van der Waals surface area contributed by atoms with Crippen LogP contribution in [0, 0.1) is 17.3 Å². The third-order valence-electron chi connectivity index (χ3n) is 7.65. The van der Waals surface area contributed by atoms with Crippen LogP contribution < -0.4 is 0 Å². The number of aromatic nitrogens is 2. The zero-order valence-corrected chi connectivity index (χ0v) is 17.5. The molecule has 1 aromatic heterocycles. The first-order valence-corrected chi connectivity index (χ1v) is 11.2. The second-order valence-electron chi connectivity index (χ2n) is 9.56. The van der Waals surface area contributed by atoms with Crippen molar-refractivity contribution in [1.29, 1.82) is 0 Å². The molecule has 0 N–H and O–H groups in total. The molecule has 154 valence electrons. The lowest BCUT2D eigenvalue weighted by Gasteiger charge is -2.33. The number of rotatable bonds is 6. The summed E-state index contributed by atoms with van der Waals surface area (Å²) in [6, 6.07) is 12.7. The van der Waals surface area contributed by atoms with E-state index in [-0.39, 0.29) is 11.3 Å². The molecule has 0 unspecified atom stereocenters. The fourth-order valence-corrected chi connectivity index (χ4v) is 5.77. The minimum atomic E-state index is 0.143. The molecule has 1 amide bonds. The molecule has 5 nitrogen and oxygen atoms in total. The van der Waals surface area contributed by atoms with Gasteiger partial charge in [-0.3, -0.25) is 9.48 Å². The Labute approximate surface area is 173 Å². The number of carbonyl (C=O) groups is 1. The molecular weight excluding hydrogens is 360 g/mol. The molecule has 29 heavy (non-hydrogen) atoms. The first-order chi connectivity index (χ1) is 14.1. The van der Waals surface area contributed by atoms with E-state index in [9.17, 15) is 4.79 Å². The molecule has 5 rings (SSSR count). The van der Waals surface area contributed by atoms with E-state index < -0.39 is 0 Å². The van der Waals surface area contributed by atoms with Crippen LogP contribution in [0.25, 0.3) is 0 Å². The number of benzene rings is 1. The van der Waals surface area contributed by atoms with E-state index in [0.717, 1.165) is 44.9 Å². The summed E-state index contributed by atoms with van der Waals surface area (Å²) in [6.07, 6.45) is 8.21. The molecule has 2 atom stereocenters. The molecule has 3 fully saturated rings. The number of carbonyl (C=O) groups excluding carboxylic acids is 1. The summed E-state index contributed by atoms with van der Waals surface area (Å²) in [5.41, 5.74) is 2.34. The first kappa shape index (κ1) is 18.9. The van der Waals surface area contributed by atoms with Crippen LogP contribution in [-0.4, -0.2) is 58.2 Å². The van der Waals surface area contributed by atoms with Crippen molar-refractivity contribution in [3.63, 3.8) is 0 Å². The maximum Gasteiger partial charge on any atom is 0.272 e. The van der Waals surface area contributed by atoms with Gasteiger partial charge in [0.05, 0.1) is 0 Å². The highest BCUT2D eigenvalue weighted by Gasteiger charge is 2.53. The van der Waals surface area contributed by atoms with Crippen molar-refractivity contribution in [2.45, 2.75) is 32.1 Å². The Morgan fingerprint density at radius 1 is 1.14 bits per heavy atom. The van der Waals surface area contributed by atoms with Crippen molar-refractivity contribution in [2.24, 2.45) is 24.3 Å². The second-order valence-corrected chi connectivity index (χ2v) is 9.56. The normalized spacial score (nSPS) is 27.2. The van der Waals surface area contributed by atoms with Crippen molar-refractivity contribution in [2.75, 3.05) is 32.7 Å². The average Bonchev–Trinajstić information content (AvgIpc) is 3.35. The summed E-state index contributed by atoms with van der Waals surface area (Å²) in [7, 11) is 1.86. The Morgan fingerprint density at radius 3 is 2.66 bits per heavy atom. The fraction of sp³-hybridized carbons (Fsp3) is 0.583. The SMILES string of the molecule is Cn1nccc1C(=O)N1C[C@@H]2CN(CC3CCC3)C[C@]2(CCc2ccccc2)C1. The van der Waals surface area contributed by atoms with Gasteiger partial charge in [0, 0.05) is 51.4 Å². The lowest BCUT2D eigenvalue weighted by atomic mass is 9.76. The largest absolute Gasteiger partial charge is 0.336 e. The van der Waals surface area contributed by atoms with E-state index >= 15 is 0 Å². The van der Waals surface area contributed by atoms with Crippen molar-refractivity contribution >= 4 is 5.91 Å². The number of aryl methyl sites for hydroxylation is 2. The highest BCUT2D eigenvalue weighted by atomic mass is 16.2. The predicted octanol–water partition coefficient (Wildman–Crippen LogP) is 3.23. The highest BCUT2D eigenvalue weighted by molar-refractivity contribution is 5.92. The minimum Gasteiger partial charge on any atom is -0.336 e. The fourth-order valence-electron chi connectivity index (χ4n) is 5.77. The molecule has 3 heterocycles. The monoisotopic (exact) mass is 392 g/mol. The Bertz CT molecular complexity index is 859. The van der Waals surface area contributed by atoms with Crippen LogP contribution in [0.15, 0.2) is 42.6 Å². The van der Waals surface area contributed by atoms with E-state index in [1.807, 2.05) is 13.1 Å². The maximum absolute atomic E-state index is 13.1. The highest BCUT2D eigenvalue weighted by Crippen LogP contribution is 2.47. The molecule has 1 saturated carbocycles. The van der Waals surface area contributed by atoms with E-state index in [0.29, 0.717) is 11.6 Å². The molecule has 0 spiro atoms. The number of hydrogen-bond acceptors (Lipinski definition) is 3. The predicted molar refractivity (Wildman–Crippen MR) is 114 cm³/mol. The van der Waals surface area contributed by atoms with E-state index in [4.69, 9.17) is 0 Å². The van der Waals surface area contributed by atoms with Gasteiger partial charge in [-0.1, -0.05) is 36.8 Å². The molecule has 2 saturated heterocycles. The molecule has 0 radical (unpaired) electrons. The number of amides is 1. The lowest BCUT2D eigenvalue weighted by molar-refractivity contribution is 0.0739. The third kappa shape index (κ3) is 3.61. The van der Waals surface area contributed by atoms with Crippen molar-refractivity contribution < 1.29 is 4.79 Å². The summed E-state index contributed by atoms with van der Waals surface area (Å²) in [6.45, 7) is 5.34. The second kappa shape index (κ2) is 7.60. The lowest BCUT2D eigenvalue weighted by Crippen LogP contribution is -2.39. The van der Waals surface area contributed by atoms with Gasteiger partial charge in [-0.05, 0) is 49.1 Å². The van der Waals surface area contributed by atoms with Gasteiger partial charge in [0.15, 0.2) is 0 Å². The summed E-state index contributed by atoms with van der Waals surface area (Å²) >= 11 is 0. The van der Waals surface area contributed by atoms with Crippen LogP contribution in [-0.2, 0) is 13.5 Å². The Kier molecular flexibility index (Phi) is 4.94. The molecule has 2 aliphatic heterocycles. The van der Waals surface area contributed by atoms with Crippen LogP contribution >= 0.6 is 0 Å². The quantitative estimate of drug-likeness (QED) is 0.758. The molecule has 1 aliphatic carbocycles. The van der Waals surface area contributed by atoms with Crippen LogP contribution in [0.3, 0.4) is 0 Å². The van der Waals surface area contributed by atoms with Gasteiger partial charge in [-0.2, -0.15) is 5.10 Å².